The van der Waals surface area contributed by atoms with Gasteiger partial charge in [-0.2, -0.15) is 4.98 Å². The third-order valence-electron chi connectivity index (χ3n) is 5.94. The first-order valence-corrected chi connectivity index (χ1v) is 12.7. The highest BCUT2D eigenvalue weighted by molar-refractivity contribution is 8.26. The van der Waals surface area contributed by atoms with Gasteiger partial charge < -0.3 is 4.74 Å². The molecule has 1 aliphatic carbocycles. The topological polar surface area (TPSA) is 63.9 Å². The summed E-state index contributed by atoms with van der Waals surface area (Å²) in [7, 11) is 0. The van der Waals surface area contributed by atoms with Gasteiger partial charge in [0.2, 0.25) is 5.88 Å². The molecule has 1 aliphatic heterocycles. The van der Waals surface area contributed by atoms with E-state index in [-0.39, 0.29) is 34.0 Å². The number of hydrogen-bond acceptors (Lipinski definition) is 6. The van der Waals surface area contributed by atoms with Crippen molar-refractivity contribution in [1.82, 2.24) is 14.3 Å². The van der Waals surface area contributed by atoms with Crippen LogP contribution in [0.25, 0.3) is 11.7 Å². The Labute approximate surface area is 215 Å². The molecule has 0 unspecified atom stereocenters. The Morgan fingerprint density at radius 2 is 1.97 bits per heavy atom. The minimum absolute atomic E-state index is 0.0506. The van der Waals surface area contributed by atoms with Gasteiger partial charge in [-0.15, -0.1) is 0 Å². The summed E-state index contributed by atoms with van der Waals surface area (Å²) >= 11 is 19.0. The Hall–Kier alpha value is -2.39. The zero-order valence-corrected chi connectivity index (χ0v) is 21.2. The molecule has 1 saturated carbocycles. The molecule has 1 saturated heterocycles. The van der Waals surface area contributed by atoms with Crippen molar-refractivity contribution in [3.63, 3.8) is 0 Å². The number of hydrogen-bond donors (Lipinski definition) is 0. The number of fused-ring (bicyclic) bond motifs is 1. The quantitative estimate of drug-likeness (QED) is 0.293. The molecule has 0 bridgehead atoms. The number of carbonyl (C=O) groups is 1. The number of halogens is 2. The predicted octanol–water partition coefficient (Wildman–Crippen LogP) is 6.25. The van der Waals surface area contributed by atoms with Gasteiger partial charge in [0.25, 0.3) is 11.5 Å². The summed E-state index contributed by atoms with van der Waals surface area (Å²) in [5, 5.41) is 0.730. The van der Waals surface area contributed by atoms with E-state index in [9.17, 15) is 9.59 Å². The van der Waals surface area contributed by atoms with Gasteiger partial charge in [0, 0.05) is 17.3 Å². The van der Waals surface area contributed by atoms with Gasteiger partial charge in [0.1, 0.15) is 21.3 Å². The van der Waals surface area contributed by atoms with Crippen molar-refractivity contribution in [2.24, 2.45) is 0 Å². The number of aromatic nitrogens is 2. The Morgan fingerprint density at radius 1 is 1.21 bits per heavy atom. The molecular formula is C24H19Cl2N3O3S2. The standard InChI is InChI=1S/C24H19Cl2N3O3S2/c1-13-5-4-10-28-20(13)27-21(32-18-9-8-14(25)11-17(18)26)16(22(28)30)12-19-23(31)29(24(33)34-19)15-6-2-3-7-15/h4-5,8-12,15H,2-3,6-7H2,1H3/b19-12+. The van der Waals surface area contributed by atoms with Gasteiger partial charge in [-0.05, 0) is 55.7 Å². The van der Waals surface area contributed by atoms with Crippen LogP contribution in [-0.4, -0.2) is 30.6 Å². The molecular weight excluding hydrogens is 513 g/mol. The average molecular weight is 532 g/mol. The van der Waals surface area contributed by atoms with Gasteiger partial charge >= 0.3 is 0 Å². The van der Waals surface area contributed by atoms with E-state index in [4.69, 9.17) is 40.2 Å². The Kier molecular flexibility index (Phi) is 6.41. The zero-order chi connectivity index (χ0) is 24.0. The SMILES string of the molecule is Cc1cccn2c(=O)c(/C=C3/SC(=S)N(C4CCCC4)C3=O)c(Oc3ccc(Cl)cc3Cl)nc12. The molecule has 0 radical (unpaired) electrons. The second kappa shape index (κ2) is 9.34. The van der Waals surface area contributed by atoms with Crippen LogP contribution >= 0.6 is 47.2 Å². The second-order valence-electron chi connectivity index (χ2n) is 8.19. The third-order valence-corrected chi connectivity index (χ3v) is 7.80. The van der Waals surface area contributed by atoms with Crippen molar-refractivity contribution in [3.8, 4) is 11.6 Å². The maximum Gasteiger partial charge on any atom is 0.269 e. The molecule has 5 rings (SSSR count). The summed E-state index contributed by atoms with van der Waals surface area (Å²) in [4.78, 5) is 33.4. The highest BCUT2D eigenvalue weighted by atomic mass is 35.5. The average Bonchev–Trinajstić information content (AvgIpc) is 3.41. The highest BCUT2D eigenvalue weighted by Crippen LogP contribution is 2.39. The van der Waals surface area contributed by atoms with Gasteiger partial charge in [-0.25, -0.2) is 0 Å². The first-order valence-electron chi connectivity index (χ1n) is 10.8. The number of aryl methyl sites for hydroxylation is 1. The summed E-state index contributed by atoms with van der Waals surface area (Å²) in [6.07, 6.45) is 7.19. The number of ether oxygens (including phenoxy) is 1. The first-order chi connectivity index (χ1) is 16.3. The lowest BCUT2D eigenvalue weighted by Gasteiger charge is -2.21. The van der Waals surface area contributed by atoms with Gasteiger partial charge in [-0.1, -0.05) is 66.1 Å². The van der Waals surface area contributed by atoms with Crippen LogP contribution in [0.4, 0.5) is 0 Å². The van der Waals surface area contributed by atoms with Crippen molar-refractivity contribution < 1.29 is 9.53 Å². The molecule has 3 heterocycles. The maximum absolute atomic E-state index is 13.5. The van der Waals surface area contributed by atoms with Crippen LogP contribution in [0.2, 0.25) is 10.0 Å². The van der Waals surface area contributed by atoms with E-state index in [1.807, 2.05) is 13.0 Å². The van der Waals surface area contributed by atoms with E-state index in [1.165, 1.54) is 22.2 Å². The summed E-state index contributed by atoms with van der Waals surface area (Å²) in [5.41, 5.74) is 1.02. The fourth-order valence-corrected chi connectivity index (χ4v) is 6.07. The largest absolute Gasteiger partial charge is 0.437 e. The van der Waals surface area contributed by atoms with Crippen LogP contribution in [0.15, 0.2) is 46.2 Å². The zero-order valence-electron chi connectivity index (χ0n) is 18.1. The normalized spacial score (nSPS) is 18.0. The minimum Gasteiger partial charge on any atom is -0.437 e. The molecule has 2 aliphatic rings. The first kappa shape index (κ1) is 23.4. The van der Waals surface area contributed by atoms with Gasteiger partial charge in [0.05, 0.1) is 9.93 Å². The maximum atomic E-state index is 13.5. The van der Waals surface area contributed by atoms with E-state index in [0.717, 1.165) is 31.2 Å². The molecule has 3 aromatic rings. The number of benzene rings is 1. The Balaban J connectivity index is 1.64. The van der Waals surface area contributed by atoms with E-state index >= 15 is 0 Å². The monoisotopic (exact) mass is 531 g/mol. The van der Waals surface area contributed by atoms with Crippen LogP contribution < -0.4 is 10.3 Å². The Morgan fingerprint density at radius 3 is 2.71 bits per heavy atom. The fourth-order valence-electron chi connectivity index (χ4n) is 4.24. The third kappa shape index (κ3) is 4.24. The summed E-state index contributed by atoms with van der Waals surface area (Å²) in [5.74, 6) is 0.157. The van der Waals surface area contributed by atoms with Crippen molar-refractivity contribution in [1.29, 1.82) is 0 Å². The molecule has 6 nitrogen and oxygen atoms in total. The van der Waals surface area contributed by atoms with Crippen LogP contribution in [-0.2, 0) is 4.79 Å². The molecule has 0 spiro atoms. The van der Waals surface area contributed by atoms with Crippen LogP contribution in [0.1, 0.15) is 36.8 Å². The number of carbonyl (C=O) groups excluding carboxylic acids is 1. The number of rotatable bonds is 4. The molecule has 2 fully saturated rings. The van der Waals surface area contributed by atoms with E-state index in [0.29, 0.717) is 25.6 Å². The molecule has 10 heteroatoms. The number of thiocarbonyl (C=S) groups is 1. The van der Waals surface area contributed by atoms with Gasteiger partial charge in [-0.3, -0.25) is 18.9 Å². The van der Waals surface area contributed by atoms with Crippen LogP contribution in [0.3, 0.4) is 0 Å². The van der Waals surface area contributed by atoms with E-state index in [1.54, 1.807) is 35.4 Å². The summed E-state index contributed by atoms with van der Waals surface area (Å²) < 4.78 is 7.96. The van der Waals surface area contributed by atoms with Crippen molar-refractivity contribution in [3.05, 3.63) is 73.0 Å². The van der Waals surface area contributed by atoms with Crippen molar-refractivity contribution >= 4 is 69.1 Å². The van der Waals surface area contributed by atoms with E-state index in [2.05, 4.69) is 4.98 Å². The second-order valence-corrected chi connectivity index (χ2v) is 10.7. The van der Waals surface area contributed by atoms with E-state index < -0.39 is 0 Å². The van der Waals surface area contributed by atoms with Crippen LogP contribution in [0, 0.1) is 6.92 Å². The lowest BCUT2D eigenvalue weighted by molar-refractivity contribution is -0.123. The van der Waals surface area contributed by atoms with Crippen molar-refractivity contribution in [2.75, 3.05) is 0 Å². The molecule has 0 atom stereocenters. The number of thioether (sulfide) groups is 1. The van der Waals surface area contributed by atoms with Gasteiger partial charge in [0.15, 0.2) is 0 Å². The lowest BCUT2D eigenvalue weighted by atomic mass is 10.2. The van der Waals surface area contributed by atoms with Crippen molar-refractivity contribution in [2.45, 2.75) is 38.6 Å². The molecule has 0 N–H and O–H groups in total. The smallest absolute Gasteiger partial charge is 0.269 e. The summed E-state index contributed by atoms with van der Waals surface area (Å²) in [6, 6.07) is 8.52. The molecule has 174 valence electrons. The Bertz CT molecular complexity index is 1430. The number of nitrogens with zero attached hydrogens (tertiary/aromatic N) is 3. The fraction of sp³-hybridized carbons (Fsp3) is 0.250. The number of amides is 1. The van der Waals surface area contributed by atoms with Crippen LogP contribution in [0.5, 0.6) is 11.6 Å². The molecule has 1 aromatic carbocycles. The minimum atomic E-state index is -0.361. The predicted molar refractivity (Wildman–Crippen MR) is 140 cm³/mol. The summed E-state index contributed by atoms with van der Waals surface area (Å²) in [6.45, 7) is 1.85. The number of pyridine rings is 1. The molecule has 2 aromatic heterocycles. The molecule has 34 heavy (non-hydrogen) atoms. The molecule has 1 amide bonds. The lowest BCUT2D eigenvalue weighted by Crippen LogP contribution is -2.36. The highest BCUT2D eigenvalue weighted by Gasteiger charge is 2.38.